The molecule has 1 fully saturated rings. The first-order valence-corrected chi connectivity index (χ1v) is 10.7. The van der Waals surface area contributed by atoms with Gasteiger partial charge in [0, 0.05) is 17.1 Å². The van der Waals surface area contributed by atoms with E-state index in [1.165, 1.54) is 18.2 Å². The summed E-state index contributed by atoms with van der Waals surface area (Å²) in [5, 5.41) is 25.0. The van der Waals surface area contributed by atoms with Crippen LogP contribution < -0.4 is 20.4 Å². The molecule has 182 valence electrons. The lowest BCUT2D eigenvalue weighted by atomic mass is 10.1. The molecule has 0 radical (unpaired) electrons. The van der Waals surface area contributed by atoms with Gasteiger partial charge in [-0.15, -0.1) is 0 Å². The maximum Gasteiger partial charge on any atom is 0.335 e. The molecule has 1 saturated heterocycles. The number of carbonyl (C=O) groups is 5. The number of urea groups is 1. The molecule has 2 aromatic carbocycles. The third-order valence-corrected chi connectivity index (χ3v) is 5.81. The predicted molar refractivity (Wildman–Crippen MR) is 124 cm³/mol. The number of amides is 4. The highest BCUT2D eigenvalue weighted by atomic mass is 16.4. The number of benzene rings is 2. The van der Waals surface area contributed by atoms with Gasteiger partial charge in [-0.25, -0.2) is 9.69 Å². The summed E-state index contributed by atoms with van der Waals surface area (Å²) in [6.07, 6.45) is 1.33. The highest BCUT2D eigenvalue weighted by Crippen LogP contribution is 2.27. The predicted octanol–water partition coefficient (Wildman–Crippen LogP) is 0.796. The van der Waals surface area contributed by atoms with Gasteiger partial charge in [0.1, 0.15) is 5.57 Å². The topological polar surface area (TPSA) is 152 Å². The van der Waals surface area contributed by atoms with E-state index >= 15 is 0 Å². The van der Waals surface area contributed by atoms with Crippen LogP contribution >= 0.6 is 0 Å². The number of carboxylic acids is 2. The van der Waals surface area contributed by atoms with Crippen LogP contribution in [0.5, 0.6) is 0 Å². The number of hydrogen-bond acceptors (Lipinski definition) is 7. The summed E-state index contributed by atoms with van der Waals surface area (Å²) in [6, 6.07) is 10.8. The van der Waals surface area contributed by atoms with Crippen LogP contribution in [0, 0.1) is 20.8 Å². The summed E-state index contributed by atoms with van der Waals surface area (Å²) in [7, 11) is 0. The molecule has 4 amide bonds. The number of aromatic nitrogens is 1. The number of aryl methyl sites for hydroxylation is 2. The summed E-state index contributed by atoms with van der Waals surface area (Å²) < 4.78 is 1.57. The lowest BCUT2D eigenvalue weighted by Gasteiger charge is -2.26. The van der Waals surface area contributed by atoms with Crippen LogP contribution in [-0.2, 0) is 9.59 Å². The van der Waals surface area contributed by atoms with E-state index in [0.29, 0.717) is 22.6 Å². The molecule has 2 heterocycles. The van der Waals surface area contributed by atoms with E-state index in [-0.39, 0.29) is 22.4 Å². The normalized spacial score (nSPS) is 14.8. The number of nitrogens with one attached hydrogen (secondary N) is 1. The monoisotopic (exact) mass is 485 g/mol. The Labute approximate surface area is 205 Å². The smallest absolute Gasteiger partial charge is 0.335 e. The van der Waals surface area contributed by atoms with Crippen molar-refractivity contribution in [3.05, 3.63) is 87.7 Å². The van der Waals surface area contributed by atoms with E-state index in [4.69, 9.17) is 0 Å². The summed E-state index contributed by atoms with van der Waals surface area (Å²) in [6.45, 7) is 5.19. The molecule has 1 aromatic heterocycles. The summed E-state index contributed by atoms with van der Waals surface area (Å²) in [5.41, 5.74) is 1.92. The molecule has 0 spiro atoms. The largest absolute Gasteiger partial charge is 0.545 e. The van der Waals surface area contributed by atoms with E-state index in [0.717, 1.165) is 16.5 Å². The number of imide groups is 2. The summed E-state index contributed by atoms with van der Waals surface area (Å²) in [4.78, 5) is 61.8. The zero-order chi connectivity index (χ0) is 26.3. The second kappa shape index (κ2) is 8.99. The van der Waals surface area contributed by atoms with Crippen molar-refractivity contribution in [3.8, 4) is 5.69 Å². The molecule has 10 nitrogen and oxygen atoms in total. The molecule has 0 unspecified atom stereocenters. The number of barbiturate groups is 1. The van der Waals surface area contributed by atoms with Crippen molar-refractivity contribution < 1.29 is 34.2 Å². The standard InChI is InChI=1S/C26H21N3O7/c1-13-4-6-19(7-5-13)29-23(31)21(22(30)27-26(29)36)12-16-8-14(2)28(15(16)3)20-10-17(24(32)33)9-18(11-20)25(34)35/h4-12H,1-3H3,(H,32,33)(H,34,35)(H,27,30,36)/p-2/b21-12-. The molecular formula is C26H19N3O7-2. The molecule has 0 bridgehead atoms. The summed E-state index contributed by atoms with van der Waals surface area (Å²) in [5.74, 6) is -4.80. The number of anilines is 1. The maximum absolute atomic E-state index is 13.2. The second-order valence-corrected chi connectivity index (χ2v) is 8.30. The van der Waals surface area contributed by atoms with Gasteiger partial charge < -0.3 is 24.4 Å². The maximum atomic E-state index is 13.2. The average Bonchev–Trinajstić information content (AvgIpc) is 3.10. The summed E-state index contributed by atoms with van der Waals surface area (Å²) >= 11 is 0. The molecule has 36 heavy (non-hydrogen) atoms. The number of carboxylic acid groups (broad SMARTS) is 2. The Balaban J connectivity index is 1.80. The van der Waals surface area contributed by atoms with Crippen molar-refractivity contribution in [2.75, 3.05) is 4.90 Å². The average molecular weight is 485 g/mol. The molecule has 3 aromatic rings. The molecular weight excluding hydrogens is 466 g/mol. The lowest BCUT2D eigenvalue weighted by molar-refractivity contribution is -0.255. The molecule has 1 N–H and O–H groups in total. The zero-order valence-electron chi connectivity index (χ0n) is 19.4. The second-order valence-electron chi connectivity index (χ2n) is 8.30. The zero-order valence-corrected chi connectivity index (χ0v) is 19.4. The van der Waals surface area contributed by atoms with Crippen LogP contribution in [0.15, 0.2) is 54.1 Å². The fourth-order valence-corrected chi connectivity index (χ4v) is 4.05. The SMILES string of the molecule is Cc1ccc(N2C(=O)NC(=O)/C(=C/c3cc(C)n(-c4cc(C(=O)[O-])cc(C(=O)[O-])c4)c3C)C2=O)cc1. The van der Waals surface area contributed by atoms with E-state index in [1.54, 1.807) is 48.7 Å². The first kappa shape index (κ1) is 24.1. The van der Waals surface area contributed by atoms with E-state index in [2.05, 4.69) is 5.32 Å². The van der Waals surface area contributed by atoms with Gasteiger partial charge >= 0.3 is 6.03 Å². The molecule has 10 heteroatoms. The Bertz CT molecular complexity index is 1460. The molecule has 1 aliphatic rings. The number of nitrogens with zero attached hydrogens (tertiary/aromatic N) is 2. The molecule has 1 aliphatic heterocycles. The van der Waals surface area contributed by atoms with Crippen molar-refractivity contribution in [2.45, 2.75) is 20.8 Å². The number of hydrogen-bond donors (Lipinski definition) is 1. The molecule has 0 saturated carbocycles. The van der Waals surface area contributed by atoms with Gasteiger partial charge in [-0.3, -0.25) is 14.9 Å². The fourth-order valence-electron chi connectivity index (χ4n) is 4.05. The first-order valence-electron chi connectivity index (χ1n) is 10.7. The third kappa shape index (κ3) is 4.27. The Hall–Kier alpha value is -4.99. The van der Waals surface area contributed by atoms with Crippen molar-refractivity contribution in [3.63, 3.8) is 0 Å². The van der Waals surface area contributed by atoms with Crippen molar-refractivity contribution in [2.24, 2.45) is 0 Å². The van der Waals surface area contributed by atoms with Gasteiger partial charge in [0.25, 0.3) is 11.8 Å². The minimum Gasteiger partial charge on any atom is -0.545 e. The van der Waals surface area contributed by atoms with E-state index < -0.39 is 29.8 Å². The van der Waals surface area contributed by atoms with Crippen LogP contribution in [0.3, 0.4) is 0 Å². The van der Waals surface area contributed by atoms with Crippen molar-refractivity contribution >= 4 is 41.5 Å². The number of carbonyl (C=O) groups excluding carboxylic acids is 5. The Morgan fingerprint density at radius 3 is 1.97 bits per heavy atom. The fraction of sp³-hybridized carbons (Fsp3) is 0.115. The molecule has 0 atom stereocenters. The van der Waals surface area contributed by atoms with Gasteiger partial charge in [-0.2, -0.15) is 0 Å². The Morgan fingerprint density at radius 1 is 0.833 bits per heavy atom. The van der Waals surface area contributed by atoms with Crippen LogP contribution in [0.4, 0.5) is 10.5 Å². The van der Waals surface area contributed by atoms with Gasteiger partial charge in [-0.05, 0) is 79.9 Å². The highest BCUT2D eigenvalue weighted by Gasteiger charge is 2.37. The van der Waals surface area contributed by atoms with Crippen LogP contribution in [0.1, 0.15) is 43.2 Å². The van der Waals surface area contributed by atoms with Crippen LogP contribution in [0.25, 0.3) is 11.8 Å². The van der Waals surface area contributed by atoms with Crippen molar-refractivity contribution in [1.29, 1.82) is 0 Å². The van der Waals surface area contributed by atoms with E-state index in [1.807, 2.05) is 6.92 Å². The minimum absolute atomic E-state index is 0.214. The third-order valence-electron chi connectivity index (χ3n) is 5.81. The number of rotatable bonds is 5. The Kier molecular flexibility index (Phi) is 6.03. The van der Waals surface area contributed by atoms with Crippen LogP contribution in [-0.4, -0.2) is 34.4 Å². The van der Waals surface area contributed by atoms with E-state index in [9.17, 15) is 34.2 Å². The number of aromatic carboxylic acids is 2. The van der Waals surface area contributed by atoms with Gasteiger partial charge in [0.15, 0.2) is 0 Å². The molecule has 0 aliphatic carbocycles. The molecule has 4 rings (SSSR count). The lowest BCUT2D eigenvalue weighted by Crippen LogP contribution is -2.54. The van der Waals surface area contributed by atoms with Gasteiger partial charge in [0.2, 0.25) is 0 Å². The van der Waals surface area contributed by atoms with Gasteiger partial charge in [-0.1, -0.05) is 17.7 Å². The Morgan fingerprint density at radius 2 is 1.42 bits per heavy atom. The minimum atomic E-state index is -1.56. The highest BCUT2D eigenvalue weighted by molar-refractivity contribution is 6.39. The van der Waals surface area contributed by atoms with Crippen molar-refractivity contribution in [1.82, 2.24) is 9.88 Å². The van der Waals surface area contributed by atoms with Gasteiger partial charge in [0.05, 0.1) is 17.6 Å². The first-order chi connectivity index (χ1) is 17.0. The van der Waals surface area contributed by atoms with Crippen LogP contribution in [0.2, 0.25) is 0 Å². The quantitative estimate of drug-likeness (QED) is 0.414.